The van der Waals surface area contributed by atoms with E-state index in [2.05, 4.69) is 18.5 Å². The van der Waals surface area contributed by atoms with Crippen LogP contribution in [0.3, 0.4) is 0 Å². The van der Waals surface area contributed by atoms with Crippen LogP contribution >= 0.6 is 0 Å². The summed E-state index contributed by atoms with van der Waals surface area (Å²) in [5, 5.41) is 0. The quantitative estimate of drug-likeness (QED) is 0.232. The van der Waals surface area contributed by atoms with Crippen molar-refractivity contribution in [2.45, 2.75) is 19.8 Å². The second-order valence-corrected chi connectivity index (χ2v) is 5.15. The van der Waals surface area contributed by atoms with Gasteiger partial charge in [-0.1, -0.05) is 19.9 Å². The maximum absolute atomic E-state index is 11.1. The van der Waals surface area contributed by atoms with E-state index in [0.29, 0.717) is 5.75 Å². The summed E-state index contributed by atoms with van der Waals surface area (Å²) in [7, 11) is 0. The van der Waals surface area contributed by atoms with Gasteiger partial charge < -0.3 is 9.47 Å². The van der Waals surface area contributed by atoms with E-state index in [0.717, 1.165) is 42.5 Å². The van der Waals surface area contributed by atoms with E-state index in [9.17, 15) is 4.79 Å². The highest BCUT2D eigenvalue weighted by Crippen LogP contribution is 2.19. The molecule has 0 amide bonds. The Labute approximate surface area is 142 Å². The van der Waals surface area contributed by atoms with Crippen LogP contribution in [0.2, 0.25) is 0 Å². The van der Waals surface area contributed by atoms with Crippen molar-refractivity contribution in [1.82, 2.24) is 0 Å². The molecule has 0 aliphatic carbocycles. The summed E-state index contributed by atoms with van der Waals surface area (Å²) in [4.78, 5) is 15.5. The Morgan fingerprint density at radius 2 is 1.75 bits per heavy atom. The smallest absolute Gasteiger partial charge is 0.335 e. The van der Waals surface area contributed by atoms with Crippen molar-refractivity contribution in [2.24, 2.45) is 4.99 Å². The minimum atomic E-state index is -0.474. The molecular weight excluding hydrogens is 302 g/mol. The predicted octanol–water partition coefficient (Wildman–Crippen LogP) is 4.71. The lowest BCUT2D eigenvalue weighted by Gasteiger charge is -2.04. The molecule has 0 N–H and O–H groups in total. The highest BCUT2D eigenvalue weighted by atomic mass is 16.5. The lowest BCUT2D eigenvalue weighted by Crippen LogP contribution is -2.02. The standard InChI is InChI=1S/C20H21NO3/c1-3-5-14-23-18-12-8-17(9-13-18)21-15-16-6-10-19(11-7-16)24-20(22)4-2/h4,6-13,15H,2-3,5,14H2,1H3. The summed E-state index contributed by atoms with van der Waals surface area (Å²) in [6, 6.07) is 14.8. The second-order valence-electron chi connectivity index (χ2n) is 5.15. The van der Waals surface area contributed by atoms with E-state index in [1.54, 1.807) is 18.3 Å². The molecule has 0 heterocycles. The SMILES string of the molecule is C=CC(=O)Oc1ccc(C=Nc2ccc(OCCCC)cc2)cc1. The van der Waals surface area contributed by atoms with E-state index in [1.165, 1.54) is 0 Å². The van der Waals surface area contributed by atoms with E-state index in [1.807, 2.05) is 36.4 Å². The molecule has 2 aromatic rings. The van der Waals surface area contributed by atoms with Crippen molar-refractivity contribution < 1.29 is 14.3 Å². The molecule has 4 nitrogen and oxygen atoms in total. The Morgan fingerprint density at radius 1 is 1.08 bits per heavy atom. The van der Waals surface area contributed by atoms with Gasteiger partial charge in [0.05, 0.1) is 12.3 Å². The van der Waals surface area contributed by atoms with Crippen molar-refractivity contribution in [3.63, 3.8) is 0 Å². The van der Waals surface area contributed by atoms with Crippen LogP contribution in [0.25, 0.3) is 0 Å². The number of nitrogens with zero attached hydrogens (tertiary/aromatic N) is 1. The topological polar surface area (TPSA) is 47.9 Å². The van der Waals surface area contributed by atoms with Gasteiger partial charge in [-0.05, 0) is 60.5 Å². The lowest BCUT2D eigenvalue weighted by atomic mass is 10.2. The third kappa shape index (κ3) is 5.72. The number of carbonyl (C=O) groups is 1. The third-order valence-corrected chi connectivity index (χ3v) is 3.23. The maximum Gasteiger partial charge on any atom is 0.335 e. The molecule has 2 rings (SSSR count). The highest BCUT2D eigenvalue weighted by Gasteiger charge is 1.99. The molecule has 2 aromatic carbocycles. The number of unbranched alkanes of at least 4 members (excludes halogenated alkanes) is 1. The summed E-state index contributed by atoms with van der Waals surface area (Å²) >= 11 is 0. The molecule has 0 aliphatic rings. The van der Waals surface area contributed by atoms with Crippen LogP contribution in [0, 0.1) is 0 Å². The molecule has 0 saturated heterocycles. The summed E-state index contributed by atoms with van der Waals surface area (Å²) in [6.07, 6.45) is 5.06. The van der Waals surface area contributed by atoms with Crippen molar-refractivity contribution in [3.05, 3.63) is 66.7 Å². The number of rotatable bonds is 8. The van der Waals surface area contributed by atoms with Crippen molar-refractivity contribution in [1.29, 1.82) is 0 Å². The number of ether oxygens (including phenoxy) is 2. The van der Waals surface area contributed by atoms with E-state index < -0.39 is 5.97 Å². The fourth-order valence-corrected chi connectivity index (χ4v) is 1.89. The first-order chi connectivity index (χ1) is 11.7. The predicted molar refractivity (Wildman–Crippen MR) is 96.4 cm³/mol. The average molecular weight is 323 g/mol. The van der Waals surface area contributed by atoms with Gasteiger partial charge in [0.15, 0.2) is 0 Å². The Bertz CT molecular complexity index is 688. The van der Waals surface area contributed by atoms with Gasteiger partial charge in [-0.25, -0.2) is 4.79 Å². The molecule has 24 heavy (non-hydrogen) atoms. The van der Waals surface area contributed by atoms with Gasteiger partial charge in [0.2, 0.25) is 0 Å². The van der Waals surface area contributed by atoms with Crippen molar-refractivity contribution >= 4 is 17.9 Å². The van der Waals surface area contributed by atoms with Crippen LogP contribution in [-0.4, -0.2) is 18.8 Å². The zero-order valence-electron chi connectivity index (χ0n) is 13.8. The molecule has 0 unspecified atom stereocenters. The molecule has 0 spiro atoms. The number of aliphatic imine (C=N–C) groups is 1. The van der Waals surface area contributed by atoms with Gasteiger partial charge in [-0.2, -0.15) is 0 Å². The Morgan fingerprint density at radius 3 is 2.38 bits per heavy atom. The molecule has 0 saturated carbocycles. The molecule has 0 bridgehead atoms. The number of esters is 1. The second kappa shape index (κ2) is 9.30. The summed E-state index contributed by atoms with van der Waals surface area (Å²) in [5.74, 6) is 0.860. The Kier molecular flexibility index (Phi) is 6.77. The molecule has 0 aliphatic heterocycles. The van der Waals surface area contributed by atoms with Crippen molar-refractivity contribution in [2.75, 3.05) is 6.61 Å². The number of hydrogen-bond donors (Lipinski definition) is 0. The largest absolute Gasteiger partial charge is 0.494 e. The molecule has 0 aromatic heterocycles. The first-order valence-corrected chi connectivity index (χ1v) is 7.92. The Balaban J connectivity index is 1.92. The van der Waals surface area contributed by atoms with Crippen LogP contribution < -0.4 is 9.47 Å². The van der Waals surface area contributed by atoms with Gasteiger partial charge in [-0.15, -0.1) is 0 Å². The molecule has 4 heteroatoms. The summed E-state index contributed by atoms with van der Waals surface area (Å²) in [5.41, 5.74) is 1.76. The van der Waals surface area contributed by atoms with Crippen LogP contribution in [0.15, 0.2) is 66.2 Å². The first kappa shape index (κ1) is 17.5. The van der Waals surface area contributed by atoms with E-state index in [-0.39, 0.29) is 0 Å². The fourth-order valence-electron chi connectivity index (χ4n) is 1.89. The zero-order valence-corrected chi connectivity index (χ0v) is 13.8. The van der Waals surface area contributed by atoms with Gasteiger partial charge in [0.25, 0.3) is 0 Å². The van der Waals surface area contributed by atoms with Gasteiger partial charge in [0, 0.05) is 12.3 Å². The maximum atomic E-state index is 11.1. The van der Waals surface area contributed by atoms with Crippen LogP contribution in [0.1, 0.15) is 25.3 Å². The summed E-state index contributed by atoms with van der Waals surface area (Å²) in [6.45, 7) is 6.23. The zero-order chi connectivity index (χ0) is 17.2. The fraction of sp³-hybridized carbons (Fsp3) is 0.200. The van der Waals surface area contributed by atoms with Gasteiger partial charge in [0.1, 0.15) is 11.5 Å². The number of hydrogen-bond acceptors (Lipinski definition) is 4. The molecule has 0 radical (unpaired) electrons. The minimum Gasteiger partial charge on any atom is -0.494 e. The average Bonchev–Trinajstić information content (AvgIpc) is 2.62. The Hall–Kier alpha value is -2.88. The van der Waals surface area contributed by atoms with E-state index in [4.69, 9.17) is 9.47 Å². The monoisotopic (exact) mass is 323 g/mol. The van der Waals surface area contributed by atoms with Gasteiger partial charge >= 0.3 is 5.97 Å². The molecule has 0 fully saturated rings. The minimum absolute atomic E-state index is 0.474. The van der Waals surface area contributed by atoms with Crippen LogP contribution in [0.4, 0.5) is 5.69 Å². The number of carbonyl (C=O) groups excluding carboxylic acids is 1. The van der Waals surface area contributed by atoms with Gasteiger partial charge in [-0.3, -0.25) is 4.99 Å². The lowest BCUT2D eigenvalue weighted by molar-refractivity contribution is -0.128. The molecule has 124 valence electrons. The normalized spacial score (nSPS) is 10.5. The van der Waals surface area contributed by atoms with E-state index >= 15 is 0 Å². The van der Waals surface area contributed by atoms with Crippen LogP contribution in [-0.2, 0) is 4.79 Å². The highest BCUT2D eigenvalue weighted by molar-refractivity contribution is 5.84. The third-order valence-electron chi connectivity index (χ3n) is 3.23. The van der Waals surface area contributed by atoms with Crippen molar-refractivity contribution in [3.8, 4) is 11.5 Å². The molecule has 0 atom stereocenters. The first-order valence-electron chi connectivity index (χ1n) is 7.92. The summed E-state index contributed by atoms with van der Waals surface area (Å²) < 4.78 is 10.6. The van der Waals surface area contributed by atoms with Crippen LogP contribution in [0.5, 0.6) is 11.5 Å². The number of benzene rings is 2. The molecular formula is C20H21NO3.